The Morgan fingerprint density at radius 1 is 0.271 bits per heavy atom. The van der Waals surface area contributed by atoms with Crippen LogP contribution in [0.4, 0.5) is 0 Å². The minimum Gasteiger partial charge on any atom is -0.298 e. The molecule has 0 unspecified atom stereocenters. The molecule has 8 rings (SSSR count). The summed E-state index contributed by atoms with van der Waals surface area (Å²) < 4.78 is 0. The number of carbonyl (C=O) groups excluding carboxylic acids is 4. The number of aldehydes is 4. The van der Waals surface area contributed by atoms with E-state index >= 15 is 0 Å². The fraction of sp³-hybridized carbons (Fsp3) is 0. The largest absolute Gasteiger partial charge is 0.298 e. The van der Waals surface area contributed by atoms with E-state index in [1.54, 1.807) is 0 Å². The van der Waals surface area contributed by atoms with Gasteiger partial charge in [-0.15, -0.1) is 0 Å². The maximum Gasteiger partial charge on any atom is 0.150 e. The second-order valence-electron chi connectivity index (χ2n) is 11.8. The van der Waals surface area contributed by atoms with Crippen molar-refractivity contribution in [1.82, 2.24) is 0 Å². The van der Waals surface area contributed by atoms with Crippen molar-refractivity contribution in [2.75, 3.05) is 0 Å². The summed E-state index contributed by atoms with van der Waals surface area (Å²) in [4.78, 5) is 49.4. The van der Waals surface area contributed by atoms with Gasteiger partial charge in [-0.25, -0.2) is 0 Å². The molecule has 8 aromatic carbocycles. The van der Waals surface area contributed by atoms with E-state index in [0.29, 0.717) is 22.3 Å². The molecular weight excluding hydrogens is 592 g/mol. The van der Waals surface area contributed by atoms with Crippen LogP contribution in [0.1, 0.15) is 41.4 Å². The van der Waals surface area contributed by atoms with Gasteiger partial charge in [-0.3, -0.25) is 19.2 Å². The van der Waals surface area contributed by atoms with Gasteiger partial charge in [0, 0.05) is 22.3 Å². The highest BCUT2D eigenvalue weighted by Gasteiger charge is 2.23. The SMILES string of the molecule is O=Cc1ccccc1-c1cc(-c2ccccc2C=O)c2ccc3c(-c4ccccc4C=O)cc(-c4ccccc4C=O)c4ccc1c2c43. The lowest BCUT2D eigenvalue weighted by molar-refractivity contribution is 0.111. The number of benzene rings is 8. The molecule has 0 aliphatic rings. The quantitative estimate of drug-likeness (QED) is 0.126. The zero-order valence-corrected chi connectivity index (χ0v) is 25.6. The van der Waals surface area contributed by atoms with Crippen LogP contribution in [0.15, 0.2) is 133 Å². The van der Waals surface area contributed by atoms with Crippen LogP contribution in [-0.2, 0) is 0 Å². The van der Waals surface area contributed by atoms with Gasteiger partial charge in [0.1, 0.15) is 0 Å². The summed E-state index contributed by atoms with van der Waals surface area (Å²) in [6, 6.07) is 42.6. The van der Waals surface area contributed by atoms with Gasteiger partial charge in [0.25, 0.3) is 0 Å². The molecule has 0 bridgehead atoms. The summed E-state index contributed by atoms with van der Waals surface area (Å²) in [5, 5.41) is 5.71. The molecule has 0 radical (unpaired) electrons. The van der Waals surface area contributed by atoms with Crippen LogP contribution >= 0.6 is 0 Å². The van der Waals surface area contributed by atoms with Crippen molar-refractivity contribution in [2.24, 2.45) is 0 Å². The molecule has 0 N–H and O–H groups in total. The highest BCUT2D eigenvalue weighted by atomic mass is 16.1. The lowest BCUT2D eigenvalue weighted by Crippen LogP contribution is -1.98. The standard InChI is InChI=1S/C44H26O4/c45-23-27-9-1-5-13-31(27)39-21-40(32-14-6-2-10-28(32)24-46)36-19-20-38-42(34-16-8-4-12-30(34)26-48)22-41(33-15-7-3-11-29(33)25-47)37-18-17-35(39)43(36)44(37)38/h1-26H. The van der Waals surface area contributed by atoms with Gasteiger partial charge < -0.3 is 0 Å². The molecule has 226 valence electrons. The molecule has 8 aromatic rings. The van der Waals surface area contributed by atoms with E-state index in [-0.39, 0.29) is 0 Å². The van der Waals surface area contributed by atoms with Crippen molar-refractivity contribution >= 4 is 57.5 Å². The molecule has 48 heavy (non-hydrogen) atoms. The topological polar surface area (TPSA) is 68.3 Å². The molecule has 4 heteroatoms. The summed E-state index contributed by atoms with van der Waals surface area (Å²) in [6.07, 6.45) is 3.48. The monoisotopic (exact) mass is 618 g/mol. The normalized spacial score (nSPS) is 11.2. The minimum absolute atomic E-state index is 0.559. The second-order valence-corrected chi connectivity index (χ2v) is 11.8. The van der Waals surface area contributed by atoms with Crippen LogP contribution in [0.3, 0.4) is 0 Å². The molecule has 0 saturated heterocycles. The lowest BCUT2D eigenvalue weighted by atomic mass is 9.80. The molecule has 0 aliphatic heterocycles. The van der Waals surface area contributed by atoms with Gasteiger partial charge in [0.2, 0.25) is 0 Å². The first kappa shape index (κ1) is 28.9. The Morgan fingerprint density at radius 3 is 0.729 bits per heavy atom. The average Bonchev–Trinajstić information content (AvgIpc) is 3.16. The van der Waals surface area contributed by atoms with Crippen molar-refractivity contribution in [3.8, 4) is 44.5 Å². The number of hydrogen-bond donors (Lipinski definition) is 0. The Bertz CT molecular complexity index is 2240. The Hall–Kier alpha value is -6.52. The third-order valence-electron chi connectivity index (χ3n) is 9.41. The van der Waals surface area contributed by atoms with Crippen LogP contribution in [0, 0.1) is 0 Å². The number of hydrogen-bond acceptors (Lipinski definition) is 4. The minimum atomic E-state index is 0.559. The average molecular weight is 619 g/mol. The first-order chi connectivity index (χ1) is 23.7. The third-order valence-corrected chi connectivity index (χ3v) is 9.41. The summed E-state index contributed by atoms with van der Waals surface area (Å²) in [5.74, 6) is 0. The Balaban J connectivity index is 1.63. The Kier molecular flexibility index (Phi) is 7.04. The van der Waals surface area contributed by atoms with E-state index < -0.39 is 0 Å². The van der Waals surface area contributed by atoms with E-state index in [0.717, 1.165) is 102 Å². The molecule has 0 heterocycles. The molecule has 4 nitrogen and oxygen atoms in total. The third kappa shape index (κ3) is 4.38. The smallest absolute Gasteiger partial charge is 0.150 e. The fourth-order valence-electron chi connectivity index (χ4n) is 7.26. The van der Waals surface area contributed by atoms with Crippen LogP contribution < -0.4 is 0 Å². The van der Waals surface area contributed by atoms with E-state index in [9.17, 15) is 19.2 Å². The van der Waals surface area contributed by atoms with Gasteiger partial charge in [0.15, 0.2) is 25.1 Å². The highest BCUT2D eigenvalue weighted by molar-refractivity contribution is 6.32. The first-order valence-electron chi connectivity index (χ1n) is 15.6. The van der Waals surface area contributed by atoms with Gasteiger partial charge >= 0.3 is 0 Å². The zero-order chi connectivity index (χ0) is 32.8. The number of rotatable bonds is 8. The van der Waals surface area contributed by atoms with Gasteiger partial charge in [-0.05, 0) is 89.0 Å². The van der Waals surface area contributed by atoms with Crippen molar-refractivity contribution in [3.63, 3.8) is 0 Å². The zero-order valence-electron chi connectivity index (χ0n) is 25.6. The highest BCUT2D eigenvalue weighted by Crippen LogP contribution is 2.49. The molecule has 0 fully saturated rings. The molecule has 0 spiro atoms. The maximum absolute atomic E-state index is 12.3. The number of carbonyl (C=O) groups is 4. The molecule has 0 aliphatic carbocycles. The van der Waals surface area contributed by atoms with Crippen molar-refractivity contribution in [1.29, 1.82) is 0 Å². The van der Waals surface area contributed by atoms with E-state index in [1.807, 2.05) is 97.1 Å². The van der Waals surface area contributed by atoms with Crippen LogP contribution in [-0.4, -0.2) is 25.1 Å². The summed E-state index contributed by atoms with van der Waals surface area (Å²) in [6.45, 7) is 0. The Morgan fingerprint density at radius 2 is 0.500 bits per heavy atom. The first-order valence-corrected chi connectivity index (χ1v) is 15.6. The summed E-state index contributed by atoms with van der Waals surface area (Å²) in [7, 11) is 0. The van der Waals surface area contributed by atoms with Gasteiger partial charge in [-0.1, -0.05) is 121 Å². The van der Waals surface area contributed by atoms with Crippen molar-refractivity contribution < 1.29 is 19.2 Å². The molecular formula is C44H26O4. The summed E-state index contributed by atoms with van der Waals surface area (Å²) >= 11 is 0. The molecule has 0 saturated carbocycles. The summed E-state index contributed by atoms with van der Waals surface area (Å²) in [5.41, 5.74) is 8.84. The van der Waals surface area contributed by atoms with Crippen molar-refractivity contribution in [3.05, 3.63) is 156 Å². The van der Waals surface area contributed by atoms with Crippen LogP contribution in [0.5, 0.6) is 0 Å². The lowest BCUT2D eigenvalue weighted by Gasteiger charge is -2.22. The second kappa shape index (κ2) is 11.7. The van der Waals surface area contributed by atoms with E-state index in [2.05, 4.69) is 36.4 Å². The van der Waals surface area contributed by atoms with E-state index in [1.165, 1.54) is 0 Å². The molecule has 0 atom stereocenters. The predicted octanol–water partition coefficient (Wildman–Crippen LogP) is 10.5. The fourth-order valence-corrected chi connectivity index (χ4v) is 7.26. The van der Waals surface area contributed by atoms with E-state index in [4.69, 9.17) is 0 Å². The van der Waals surface area contributed by atoms with Gasteiger partial charge in [0.05, 0.1) is 0 Å². The molecule has 0 amide bonds. The Labute approximate surface area is 276 Å². The molecule has 0 aromatic heterocycles. The van der Waals surface area contributed by atoms with Crippen molar-refractivity contribution in [2.45, 2.75) is 0 Å². The van der Waals surface area contributed by atoms with Crippen LogP contribution in [0.2, 0.25) is 0 Å². The van der Waals surface area contributed by atoms with Crippen LogP contribution in [0.25, 0.3) is 76.8 Å². The predicted molar refractivity (Wildman–Crippen MR) is 193 cm³/mol. The van der Waals surface area contributed by atoms with Gasteiger partial charge in [-0.2, -0.15) is 0 Å². The maximum atomic E-state index is 12.3.